The van der Waals surface area contributed by atoms with Crippen molar-refractivity contribution in [2.45, 2.75) is 50.5 Å². The van der Waals surface area contributed by atoms with Crippen molar-refractivity contribution in [3.63, 3.8) is 0 Å². The van der Waals surface area contributed by atoms with Crippen LogP contribution in [-0.4, -0.2) is 48.1 Å². The molecule has 1 N–H and O–H groups in total. The van der Waals surface area contributed by atoms with Crippen molar-refractivity contribution in [2.24, 2.45) is 5.41 Å². The summed E-state index contributed by atoms with van der Waals surface area (Å²) in [6.07, 6.45) is 0.645. The van der Waals surface area contributed by atoms with Gasteiger partial charge in [0.25, 0.3) is 0 Å². The van der Waals surface area contributed by atoms with Gasteiger partial charge < -0.3 is 9.84 Å². The van der Waals surface area contributed by atoms with Gasteiger partial charge in [0.15, 0.2) is 0 Å². The second kappa shape index (κ2) is 6.56. The lowest BCUT2D eigenvalue weighted by Crippen LogP contribution is -2.41. The summed E-state index contributed by atoms with van der Waals surface area (Å²) >= 11 is 0. The molecule has 0 spiro atoms. The van der Waals surface area contributed by atoms with Crippen LogP contribution in [0.25, 0.3) is 0 Å². The van der Waals surface area contributed by atoms with Crippen molar-refractivity contribution >= 4 is 5.97 Å². The average molecular weight is 353 g/mol. The van der Waals surface area contributed by atoms with Crippen LogP contribution in [0.15, 0.2) is 24.3 Å². The molecule has 1 aliphatic carbocycles. The van der Waals surface area contributed by atoms with E-state index in [1.54, 1.807) is 14.0 Å². The van der Waals surface area contributed by atoms with Crippen LogP contribution in [0.5, 0.6) is 5.75 Å². The molecular formula is C19H25F2NO3. The number of aliphatic carboxylic acids is 1. The molecule has 2 fully saturated rings. The number of methoxy groups -OCH3 is 1. The highest BCUT2D eigenvalue weighted by Crippen LogP contribution is 2.46. The number of ether oxygens (including phenoxy) is 1. The zero-order valence-corrected chi connectivity index (χ0v) is 14.7. The van der Waals surface area contributed by atoms with Gasteiger partial charge in [0.2, 0.25) is 5.92 Å². The number of hydrogen-bond acceptors (Lipinski definition) is 3. The van der Waals surface area contributed by atoms with Gasteiger partial charge in [-0.2, -0.15) is 0 Å². The van der Waals surface area contributed by atoms with Gasteiger partial charge in [-0.25, -0.2) is 8.78 Å². The third kappa shape index (κ3) is 3.50. The Morgan fingerprint density at radius 2 is 1.84 bits per heavy atom. The Kier molecular flexibility index (Phi) is 4.75. The Labute approximate surface area is 146 Å². The summed E-state index contributed by atoms with van der Waals surface area (Å²) in [6.45, 7) is 2.75. The minimum atomic E-state index is -2.57. The van der Waals surface area contributed by atoms with E-state index in [0.717, 1.165) is 11.3 Å². The van der Waals surface area contributed by atoms with Crippen molar-refractivity contribution < 1.29 is 23.4 Å². The van der Waals surface area contributed by atoms with E-state index in [0.29, 0.717) is 25.9 Å². The van der Waals surface area contributed by atoms with E-state index in [4.69, 9.17) is 4.74 Å². The number of rotatable bonds is 4. The highest BCUT2D eigenvalue weighted by molar-refractivity contribution is 5.76. The van der Waals surface area contributed by atoms with Crippen LogP contribution in [0.2, 0.25) is 0 Å². The molecule has 1 heterocycles. The van der Waals surface area contributed by atoms with Gasteiger partial charge in [-0.1, -0.05) is 12.1 Å². The number of carbonyl (C=O) groups is 1. The lowest BCUT2D eigenvalue weighted by atomic mass is 9.76. The first-order valence-electron chi connectivity index (χ1n) is 8.74. The molecule has 0 aromatic heterocycles. The smallest absolute Gasteiger partial charge is 0.311 e. The Bertz CT molecular complexity index is 624. The van der Waals surface area contributed by atoms with Crippen molar-refractivity contribution in [3.8, 4) is 5.75 Å². The van der Waals surface area contributed by atoms with Gasteiger partial charge in [-0.15, -0.1) is 0 Å². The fourth-order valence-electron chi connectivity index (χ4n) is 4.23. The zero-order chi connectivity index (χ0) is 18.2. The molecule has 1 aliphatic heterocycles. The van der Waals surface area contributed by atoms with Gasteiger partial charge in [0, 0.05) is 37.9 Å². The summed E-state index contributed by atoms with van der Waals surface area (Å²) in [7, 11) is 1.59. The summed E-state index contributed by atoms with van der Waals surface area (Å²) in [6, 6.07) is 7.52. The molecule has 138 valence electrons. The molecular weight excluding hydrogens is 328 g/mol. The van der Waals surface area contributed by atoms with E-state index in [1.165, 1.54) is 0 Å². The largest absolute Gasteiger partial charge is 0.497 e. The minimum absolute atomic E-state index is 0.0431. The van der Waals surface area contributed by atoms with Gasteiger partial charge in [-0.3, -0.25) is 9.69 Å². The molecule has 1 aromatic carbocycles. The number of likely N-dealkylation sites (tertiary alicyclic amines) is 1. The van der Waals surface area contributed by atoms with E-state index in [-0.39, 0.29) is 24.8 Å². The van der Waals surface area contributed by atoms with Crippen molar-refractivity contribution in [1.29, 1.82) is 0 Å². The number of nitrogens with zero attached hydrogens (tertiary/aromatic N) is 1. The maximum Gasteiger partial charge on any atom is 0.311 e. The van der Waals surface area contributed by atoms with E-state index >= 15 is 0 Å². The predicted molar refractivity (Wildman–Crippen MR) is 90.3 cm³/mol. The second-order valence-electron chi connectivity index (χ2n) is 7.56. The Hall–Kier alpha value is -1.69. The second-order valence-corrected chi connectivity index (χ2v) is 7.56. The molecule has 1 saturated heterocycles. The highest BCUT2D eigenvalue weighted by atomic mass is 19.3. The maximum absolute atomic E-state index is 13.4. The van der Waals surface area contributed by atoms with Gasteiger partial charge in [0.1, 0.15) is 5.75 Å². The van der Waals surface area contributed by atoms with Crippen LogP contribution in [0.3, 0.4) is 0 Å². The average Bonchev–Trinajstić information content (AvgIpc) is 2.94. The minimum Gasteiger partial charge on any atom is -0.497 e. The van der Waals surface area contributed by atoms with E-state index in [9.17, 15) is 18.7 Å². The first-order valence-corrected chi connectivity index (χ1v) is 8.74. The lowest BCUT2D eigenvalue weighted by Gasteiger charge is -2.34. The first kappa shape index (κ1) is 18.1. The van der Waals surface area contributed by atoms with E-state index < -0.39 is 17.3 Å². The molecule has 6 heteroatoms. The molecule has 0 amide bonds. The predicted octanol–water partition coefficient (Wildman–Crippen LogP) is 3.76. The van der Waals surface area contributed by atoms with E-state index in [2.05, 4.69) is 4.90 Å². The molecule has 4 nitrogen and oxygen atoms in total. The monoisotopic (exact) mass is 353 g/mol. The summed E-state index contributed by atoms with van der Waals surface area (Å²) in [5, 5.41) is 9.83. The lowest BCUT2D eigenvalue weighted by molar-refractivity contribution is -0.148. The quantitative estimate of drug-likeness (QED) is 0.895. The Morgan fingerprint density at radius 3 is 2.36 bits per heavy atom. The fourth-order valence-corrected chi connectivity index (χ4v) is 4.23. The third-order valence-corrected chi connectivity index (χ3v) is 5.93. The molecule has 0 radical (unpaired) electrons. The Morgan fingerprint density at radius 1 is 1.24 bits per heavy atom. The molecule has 25 heavy (non-hydrogen) atoms. The van der Waals surface area contributed by atoms with E-state index in [1.807, 2.05) is 24.3 Å². The van der Waals surface area contributed by atoms with Crippen LogP contribution in [0.1, 0.15) is 44.1 Å². The highest BCUT2D eigenvalue weighted by Gasteiger charge is 2.51. The maximum atomic E-state index is 13.4. The third-order valence-electron chi connectivity index (χ3n) is 5.93. The molecule has 1 saturated carbocycles. The molecule has 2 aliphatic rings. The number of benzene rings is 1. The summed E-state index contributed by atoms with van der Waals surface area (Å²) in [5.74, 6) is -2.85. The number of halogens is 2. The summed E-state index contributed by atoms with van der Waals surface area (Å²) < 4.78 is 32.0. The van der Waals surface area contributed by atoms with Crippen LogP contribution in [0, 0.1) is 5.41 Å². The van der Waals surface area contributed by atoms with Crippen molar-refractivity contribution in [2.75, 3.05) is 20.2 Å². The topological polar surface area (TPSA) is 49.8 Å². The zero-order valence-electron chi connectivity index (χ0n) is 14.7. The van der Waals surface area contributed by atoms with Gasteiger partial charge in [-0.05, 0) is 37.5 Å². The normalized spacial score (nSPS) is 30.3. The molecule has 0 unspecified atom stereocenters. The van der Waals surface area contributed by atoms with Gasteiger partial charge in [0.05, 0.1) is 12.5 Å². The molecule has 1 aromatic rings. The van der Waals surface area contributed by atoms with Gasteiger partial charge >= 0.3 is 5.97 Å². The van der Waals surface area contributed by atoms with Crippen LogP contribution >= 0.6 is 0 Å². The van der Waals surface area contributed by atoms with Crippen LogP contribution in [-0.2, 0) is 4.79 Å². The molecule has 0 bridgehead atoms. The number of alkyl halides is 2. The van der Waals surface area contributed by atoms with Crippen LogP contribution < -0.4 is 4.74 Å². The first-order chi connectivity index (χ1) is 11.7. The van der Waals surface area contributed by atoms with Crippen LogP contribution in [0.4, 0.5) is 8.78 Å². The van der Waals surface area contributed by atoms with Crippen molar-refractivity contribution in [1.82, 2.24) is 4.90 Å². The van der Waals surface area contributed by atoms with Crippen molar-refractivity contribution in [3.05, 3.63) is 29.8 Å². The molecule has 3 rings (SSSR count). The standard InChI is InChI=1S/C19H25F2NO3/c1-18(17(23)24)12-22(14-7-9-19(20,21)10-8-14)11-16(18)13-3-5-15(25-2)6-4-13/h3-6,14,16H,7-12H2,1-2H3,(H,23,24)/t16-,18+/m0/s1. The Balaban J connectivity index is 1.80. The summed E-state index contributed by atoms with van der Waals surface area (Å²) in [4.78, 5) is 14.1. The number of hydrogen-bond donors (Lipinski definition) is 1. The summed E-state index contributed by atoms with van der Waals surface area (Å²) in [5.41, 5.74) is 0.0310. The SMILES string of the molecule is COc1ccc([C@@H]2CN(C3CCC(F)(F)CC3)C[C@@]2(C)C(=O)O)cc1. The molecule has 2 atom stereocenters. The number of carboxylic acids is 1. The fraction of sp³-hybridized carbons (Fsp3) is 0.632. The number of carboxylic acid groups (broad SMARTS) is 1.